The highest BCUT2D eigenvalue weighted by Gasteiger charge is 2.17. The highest BCUT2D eigenvalue weighted by molar-refractivity contribution is 6.04. The second-order valence-corrected chi connectivity index (χ2v) is 8.16. The first-order valence-corrected chi connectivity index (χ1v) is 12.1. The van der Waals surface area contributed by atoms with Crippen LogP contribution in [0.15, 0.2) is 77.9 Å². The van der Waals surface area contributed by atoms with Gasteiger partial charge in [-0.2, -0.15) is 5.10 Å². The molecule has 4 rings (SSSR count). The summed E-state index contributed by atoms with van der Waals surface area (Å²) in [5.74, 6) is 0.957. The third-order valence-electron chi connectivity index (χ3n) is 5.82. The van der Waals surface area contributed by atoms with Gasteiger partial charge in [-0.25, -0.2) is 10.2 Å². The van der Waals surface area contributed by atoms with E-state index in [1.807, 2.05) is 37.3 Å². The van der Waals surface area contributed by atoms with Crippen molar-refractivity contribution in [2.45, 2.75) is 6.92 Å². The van der Waals surface area contributed by atoms with E-state index in [1.54, 1.807) is 30.3 Å². The van der Waals surface area contributed by atoms with Crippen LogP contribution in [-0.2, 0) is 0 Å². The Kier molecular flexibility index (Phi) is 8.63. The maximum absolute atomic E-state index is 12.9. The number of fused-ring (bicyclic) bond motifs is 1. The van der Waals surface area contributed by atoms with Crippen LogP contribution < -0.4 is 29.1 Å². The van der Waals surface area contributed by atoms with Gasteiger partial charge in [0.15, 0.2) is 11.5 Å². The molecule has 0 aliphatic rings. The molecule has 0 heterocycles. The first-order chi connectivity index (χ1) is 19.0. The number of carbonyl (C=O) groups excluding carboxylic acids is 2. The number of hydrogen-bond acceptors (Lipinski definition) is 8. The first kappa shape index (κ1) is 27.0. The monoisotopic (exact) mass is 528 g/mol. The van der Waals surface area contributed by atoms with Crippen molar-refractivity contribution in [3.05, 3.63) is 89.5 Å². The lowest BCUT2D eigenvalue weighted by Crippen LogP contribution is -2.18. The summed E-state index contributed by atoms with van der Waals surface area (Å²) < 4.78 is 27.1. The average Bonchev–Trinajstić information content (AvgIpc) is 2.97. The number of hydrazone groups is 1. The molecule has 0 saturated heterocycles. The molecule has 4 aromatic carbocycles. The molecule has 0 unspecified atom stereocenters. The minimum atomic E-state index is -0.538. The molecule has 1 amide bonds. The number of nitrogens with zero attached hydrogens (tertiary/aromatic N) is 1. The van der Waals surface area contributed by atoms with E-state index in [2.05, 4.69) is 10.5 Å². The third-order valence-corrected chi connectivity index (χ3v) is 5.82. The number of ether oxygens (including phenoxy) is 5. The summed E-state index contributed by atoms with van der Waals surface area (Å²) in [5.41, 5.74) is 3.65. The molecular weight excluding hydrogens is 500 g/mol. The third kappa shape index (κ3) is 6.10. The molecular formula is C30H28N2O7. The molecule has 0 aromatic heterocycles. The molecule has 0 radical (unpaired) electrons. The van der Waals surface area contributed by atoms with E-state index < -0.39 is 11.9 Å². The second-order valence-electron chi connectivity index (χ2n) is 8.16. The van der Waals surface area contributed by atoms with Gasteiger partial charge < -0.3 is 23.7 Å². The molecule has 0 fully saturated rings. The summed E-state index contributed by atoms with van der Waals surface area (Å²) >= 11 is 0. The van der Waals surface area contributed by atoms with Crippen LogP contribution in [0.4, 0.5) is 0 Å². The van der Waals surface area contributed by atoms with Crippen molar-refractivity contribution in [3.8, 4) is 28.7 Å². The quantitative estimate of drug-likeness (QED) is 0.130. The summed E-state index contributed by atoms with van der Waals surface area (Å²) in [5, 5.41) is 5.85. The molecule has 1 N–H and O–H groups in total. The maximum Gasteiger partial charge on any atom is 0.343 e. The number of carbonyl (C=O) groups is 2. The van der Waals surface area contributed by atoms with Crippen LogP contribution in [0.25, 0.3) is 10.8 Å². The lowest BCUT2D eigenvalue weighted by atomic mass is 10.0. The Bertz CT molecular complexity index is 1490. The van der Waals surface area contributed by atoms with Crippen LogP contribution in [0.5, 0.6) is 28.7 Å². The molecule has 9 heteroatoms. The fraction of sp³-hybridized carbons (Fsp3) is 0.167. The fourth-order valence-corrected chi connectivity index (χ4v) is 3.94. The lowest BCUT2D eigenvalue weighted by Gasteiger charge is -2.13. The Morgan fingerprint density at radius 2 is 1.51 bits per heavy atom. The van der Waals surface area contributed by atoms with Gasteiger partial charge in [-0.15, -0.1) is 0 Å². The number of amides is 1. The largest absolute Gasteiger partial charge is 0.494 e. The smallest absolute Gasteiger partial charge is 0.343 e. The van der Waals surface area contributed by atoms with Gasteiger partial charge in [0.05, 0.1) is 39.7 Å². The molecule has 0 saturated carbocycles. The Labute approximate surface area is 225 Å². The van der Waals surface area contributed by atoms with Crippen molar-refractivity contribution < 1.29 is 33.3 Å². The number of nitrogens with one attached hydrogen (secondary N) is 1. The van der Waals surface area contributed by atoms with Crippen LogP contribution in [0.1, 0.15) is 33.2 Å². The van der Waals surface area contributed by atoms with E-state index in [0.29, 0.717) is 46.5 Å². The first-order valence-electron chi connectivity index (χ1n) is 12.1. The number of benzene rings is 4. The molecule has 9 nitrogen and oxygen atoms in total. The van der Waals surface area contributed by atoms with Crippen molar-refractivity contribution in [2.75, 3.05) is 27.9 Å². The fourth-order valence-electron chi connectivity index (χ4n) is 3.94. The van der Waals surface area contributed by atoms with E-state index in [1.165, 1.54) is 39.7 Å². The lowest BCUT2D eigenvalue weighted by molar-refractivity contribution is 0.0734. The zero-order valence-electron chi connectivity index (χ0n) is 22.0. The number of rotatable bonds is 10. The molecule has 0 aliphatic heterocycles. The standard InChI is InChI=1S/C30H28N2O7/c1-5-38-22-13-10-20(11-14-22)30(34)39-25-15-12-19-8-6-7-9-23(19)24(25)18-31-32-29(33)21-16-26(35-2)28(37-4)27(17-21)36-3/h6-18H,5H2,1-4H3,(H,32,33). The van der Waals surface area contributed by atoms with Gasteiger partial charge in [-0.3, -0.25) is 4.79 Å². The zero-order valence-corrected chi connectivity index (χ0v) is 22.0. The number of hydrogen-bond donors (Lipinski definition) is 1. The van der Waals surface area contributed by atoms with Crippen LogP contribution in [0, 0.1) is 0 Å². The molecule has 4 aromatic rings. The predicted octanol–water partition coefficient (Wildman–Crippen LogP) is 5.25. The summed E-state index contributed by atoms with van der Waals surface area (Å²) in [6.45, 7) is 2.41. The van der Waals surface area contributed by atoms with Crippen molar-refractivity contribution in [2.24, 2.45) is 5.10 Å². The van der Waals surface area contributed by atoms with Crippen molar-refractivity contribution in [1.82, 2.24) is 5.43 Å². The van der Waals surface area contributed by atoms with E-state index in [4.69, 9.17) is 23.7 Å². The van der Waals surface area contributed by atoms with Gasteiger partial charge in [-0.1, -0.05) is 30.3 Å². The van der Waals surface area contributed by atoms with E-state index in [-0.39, 0.29) is 5.56 Å². The van der Waals surface area contributed by atoms with Crippen LogP contribution in [0.2, 0.25) is 0 Å². The molecule has 0 bridgehead atoms. The van der Waals surface area contributed by atoms with Crippen molar-refractivity contribution in [1.29, 1.82) is 0 Å². The van der Waals surface area contributed by atoms with Crippen LogP contribution in [0.3, 0.4) is 0 Å². The van der Waals surface area contributed by atoms with Gasteiger partial charge in [0, 0.05) is 11.1 Å². The van der Waals surface area contributed by atoms with Gasteiger partial charge in [0.2, 0.25) is 5.75 Å². The zero-order chi connectivity index (χ0) is 27.8. The highest BCUT2D eigenvalue weighted by atomic mass is 16.5. The summed E-state index contributed by atoms with van der Waals surface area (Å²) in [6.07, 6.45) is 1.44. The Morgan fingerprint density at radius 1 is 0.821 bits per heavy atom. The Hall–Kier alpha value is -5.05. The van der Waals surface area contributed by atoms with Gasteiger partial charge in [0.25, 0.3) is 5.91 Å². The summed E-state index contributed by atoms with van der Waals surface area (Å²) in [7, 11) is 4.41. The molecule has 0 spiro atoms. The Balaban J connectivity index is 1.60. The van der Waals surface area contributed by atoms with Crippen molar-refractivity contribution in [3.63, 3.8) is 0 Å². The van der Waals surface area contributed by atoms with E-state index >= 15 is 0 Å². The summed E-state index contributed by atoms with van der Waals surface area (Å²) in [6, 6.07) is 20.9. The van der Waals surface area contributed by atoms with Crippen molar-refractivity contribution >= 4 is 28.9 Å². The van der Waals surface area contributed by atoms with Gasteiger partial charge >= 0.3 is 5.97 Å². The molecule has 0 atom stereocenters. The molecule has 200 valence electrons. The Morgan fingerprint density at radius 3 is 2.15 bits per heavy atom. The molecule has 0 aliphatic carbocycles. The van der Waals surface area contributed by atoms with Crippen LogP contribution >= 0.6 is 0 Å². The highest BCUT2D eigenvalue weighted by Crippen LogP contribution is 2.38. The normalized spacial score (nSPS) is 10.8. The van der Waals surface area contributed by atoms with E-state index in [0.717, 1.165) is 10.8 Å². The van der Waals surface area contributed by atoms with Gasteiger partial charge in [-0.05, 0) is 60.2 Å². The maximum atomic E-state index is 12.9. The topological polar surface area (TPSA) is 105 Å². The van der Waals surface area contributed by atoms with Crippen LogP contribution in [-0.4, -0.2) is 46.0 Å². The number of methoxy groups -OCH3 is 3. The minimum absolute atomic E-state index is 0.252. The average molecular weight is 529 g/mol. The molecule has 39 heavy (non-hydrogen) atoms. The van der Waals surface area contributed by atoms with E-state index in [9.17, 15) is 9.59 Å². The SMILES string of the molecule is CCOc1ccc(C(=O)Oc2ccc3ccccc3c2C=NNC(=O)c2cc(OC)c(OC)c(OC)c2)cc1. The second kappa shape index (κ2) is 12.5. The number of esters is 1. The van der Waals surface area contributed by atoms with Gasteiger partial charge in [0.1, 0.15) is 11.5 Å². The summed E-state index contributed by atoms with van der Waals surface area (Å²) in [4.78, 5) is 25.8. The minimum Gasteiger partial charge on any atom is -0.494 e. The predicted molar refractivity (Wildman–Crippen MR) is 148 cm³/mol.